The Morgan fingerprint density at radius 1 is 1.44 bits per heavy atom. The second kappa shape index (κ2) is 6.21. The molecule has 2 N–H and O–H groups in total. The van der Waals surface area contributed by atoms with Gasteiger partial charge in [-0.15, -0.1) is 0 Å². The van der Waals surface area contributed by atoms with Gasteiger partial charge in [0.2, 0.25) is 0 Å². The van der Waals surface area contributed by atoms with E-state index >= 15 is 0 Å². The average Bonchev–Trinajstić information content (AvgIpc) is 2.16. The Bertz CT molecular complexity index is 223. The second-order valence-electron chi connectivity index (χ2n) is 5.17. The van der Waals surface area contributed by atoms with Crippen molar-refractivity contribution < 1.29 is 9.90 Å². The summed E-state index contributed by atoms with van der Waals surface area (Å²) in [6.45, 7) is 7.65. The summed E-state index contributed by atoms with van der Waals surface area (Å²) in [4.78, 5) is 13.2. The average molecular weight is 228 g/mol. The molecule has 0 saturated carbocycles. The zero-order chi connectivity index (χ0) is 12.1. The Balaban J connectivity index is 2.33. The third kappa shape index (κ3) is 4.10. The number of carboxylic acids is 1. The summed E-state index contributed by atoms with van der Waals surface area (Å²) in [6, 6.07) is -0.410. The highest BCUT2D eigenvalue weighted by atomic mass is 16.4. The minimum Gasteiger partial charge on any atom is -0.480 e. The standard InChI is InChI=1S/C12H24N2O2/c1-9-6-10(2)8-14(7-9)5-4-11(13-3)12(15)16/h9-11,13H,4-8H2,1-3H3,(H,15,16). The number of likely N-dealkylation sites (N-methyl/N-ethyl adjacent to an activating group) is 1. The summed E-state index contributed by atoms with van der Waals surface area (Å²) < 4.78 is 0. The van der Waals surface area contributed by atoms with Crippen LogP contribution >= 0.6 is 0 Å². The van der Waals surface area contributed by atoms with Gasteiger partial charge in [0, 0.05) is 19.6 Å². The molecule has 0 aromatic heterocycles. The van der Waals surface area contributed by atoms with Gasteiger partial charge in [-0.2, -0.15) is 0 Å². The molecule has 1 fully saturated rings. The molecule has 0 aliphatic carbocycles. The molecule has 4 heteroatoms. The van der Waals surface area contributed by atoms with Crippen LogP contribution in [0.4, 0.5) is 0 Å². The summed E-state index contributed by atoms with van der Waals surface area (Å²) in [5, 5.41) is 11.8. The normalized spacial score (nSPS) is 28.9. The van der Waals surface area contributed by atoms with Gasteiger partial charge in [-0.3, -0.25) is 4.79 Å². The SMILES string of the molecule is CNC(CCN1CC(C)CC(C)C1)C(=O)O. The zero-order valence-electron chi connectivity index (χ0n) is 10.6. The maximum atomic E-state index is 10.9. The Morgan fingerprint density at radius 3 is 2.44 bits per heavy atom. The highest BCUT2D eigenvalue weighted by molar-refractivity contribution is 5.73. The van der Waals surface area contributed by atoms with E-state index in [-0.39, 0.29) is 0 Å². The van der Waals surface area contributed by atoms with Crippen LogP contribution in [-0.2, 0) is 4.79 Å². The van der Waals surface area contributed by atoms with Gasteiger partial charge in [-0.1, -0.05) is 13.8 Å². The van der Waals surface area contributed by atoms with E-state index in [1.807, 2.05) is 0 Å². The molecule has 0 amide bonds. The molecule has 4 nitrogen and oxygen atoms in total. The van der Waals surface area contributed by atoms with Crippen LogP contribution in [-0.4, -0.2) is 48.7 Å². The van der Waals surface area contributed by atoms with Crippen LogP contribution in [0.5, 0.6) is 0 Å². The van der Waals surface area contributed by atoms with Crippen molar-refractivity contribution in [1.82, 2.24) is 10.2 Å². The molecule has 1 aliphatic heterocycles. The van der Waals surface area contributed by atoms with Gasteiger partial charge in [-0.25, -0.2) is 0 Å². The lowest BCUT2D eigenvalue weighted by atomic mass is 9.92. The van der Waals surface area contributed by atoms with Gasteiger partial charge in [-0.05, 0) is 31.7 Å². The van der Waals surface area contributed by atoms with Crippen molar-refractivity contribution in [3.63, 3.8) is 0 Å². The summed E-state index contributed by atoms with van der Waals surface area (Å²) >= 11 is 0. The van der Waals surface area contributed by atoms with Crippen molar-refractivity contribution >= 4 is 5.97 Å². The van der Waals surface area contributed by atoms with Crippen LogP contribution in [0.25, 0.3) is 0 Å². The van der Waals surface area contributed by atoms with E-state index in [9.17, 15) is 4.79 Å². The van der Waals surface area contributed by atoms with Crippen LogP contribution in [0.15, 0.2) is 0 Å². The minimum atomic E-state index is -0.749. The van der Waals surface area contributed by atoms with E-state index in [0.717, 1.165) is 31.5 Å². The molecule has 0 bridgehead atoms. The number of nitrogens with one attached hydrogen (secondary N) is 1. The number of likely N-dealkylation sites (tertiary alicyclic amines) is 1. The highest BCUT2D eigenvalue weighted by Crippen LogP contribution is 2.20. The molecule has 1 aliphatic rings. The molecular formula is C12H24N2O2. The lowest BCUT2D eigenvalue weighted by Crippen LogP contribution is -2.43. The Hall–Kier alpha value is -0.610. The number of rotatable bonds is 5. The lowest BCUT2D eigenvalue weighted by molar-refractivity contribution is -0.139. The molecule has 1 saturated heterocycles. The number of hydrogen-bond donors (Lipinski definition) is 2. The lowest BCUT2D eigenvalue weighted by Gasteiger charge is -2.35. The van der Waals surface area contributed by atoms with Crippen molar-refractivity contribution in [3.05, 3.63) is 0 Å². The van der Waals surface area contributed by atoms with E-state index in [1.165, 1.54) is 6.42 Å². The number of hydrogen-bond acceptors (Lipinski definition) is 3. The first-order chi connectivity index (χ1) is 7.52. The van der Waals surface area contributed by atoms with Crippen LogP contribution in [0, 0.1) is 11.8 Å². The Labute approximate surface area is 98.0 Å². The fourth-order valence-corrected chi connectivity index (χ4v) is 2.68. The molecule has 3 unspecified atom stereocenters. The van der Waals surface area contributed by atoms with Gasteiger partial charge in [0.15, 0.2) is 0 Å². The fraction of sp³-hybridized carbons (Fsp3) is 0.917. The van der Waals surface area contributed by atoms with Crippen molar-refractivity contribution in [2.45, 2.75) is 32.7 Å². The molecule has 0 radical (unpaired) electrons. The van der Waals surface area contributed by atoms with Gasteiger partial charge in [0.25, 0.3) is 0 Å². The van der Waals surface area contributed by atoms with E-state index in [4.69, 9.17) is 5.11 Å². The van der Waals surface area contributed by atoms with Gasteiger partial charge < -0.3 is 15.3 Å². The summed E-state index contributed by atoms with van der Waals surface area (Å²) in [5.74, 6) is 0.726. The predicted octanol–water partition coefficient (Wildman–Crippen LogP) is 1.03. The minimum absolute atomic E-state index is 0.410. The molecular weight excluding hydrogens is 204 g/mol. The van der Waals surface area contributed by atoms with Crippen molar-refractivity contribution in [1.29, 1.82) is 0 Å². The summed E-state index contributed by atoms with van der Waals surface area (Å²) in [6.07, 6.45) is 1.98. The van der Waals surface area contributed by atoms with E-state index in [1.54, 1.807) is 7.05 Å². The Kier molecular flexibility index (Phi) is 5.22. The maximum Gasteiger partial charge on any atom is 0.320 e. The van der Waals surface area contributed by atoms with Crippen LogP contribution in [0.2, 0.25) is 0 Å². The molecule has 1 rings (SSSR count). The topological polar surface area (TPSA) is 52.6 Å². The van der Waals surface area contributed by atoms with E-state index in [0.29, 0.717) is 6.42 Å². The largest absolute Gasteiger partial charge is 0.480 e. The smallest absolute Gasteiger partial charge is 0.320 e. The van der Waals surface area contributed by atoms with Crippen LogP contribution < -0.4 is 5.32 Å². The summed E-state index contributed by atoms with van der Waals surface area (Å²) in [5.41, 5.74) is 0. The first kappa shape index (κ1) is 13.5. The zero-order valence-corrected chi connectivity index (χ0v) is 10.6. The van der Waals surface area contributed by atoms with E-state index < -0.39 is 12.0 Å². The maximum absolute atomic E-state index is 10.9. The quantitative estimate of drug-likeness (QED) is 0.738. The molecule has 0 aromatic carbocycles. The molecule has 0 spiro atoms. The fourth-order valence-electron chi connectivity index (χ4n) is 2.68. The third-order valence-corrected chi connectivity index (χ3v) is 3.33. The first-order valence-corrected chi connectivity index (χ1v) is 6.15. The molecule has 1 heterocycles. The van der Waals surface area contributed by atoms with Gasteiger partial charge >= 0.3 is 5.97 Å². The van der Waals surface area contributed by atoms with Gasteiger partial charge in [0.1, 0.15) is 6.04 Å². The monoisotopic (exact) mass is 228 g/mol. The molecule has 3 atom stereocenters. The van der Waals surface area contributed by atoms with Crippen molar-refractivity contribution in [3.8, 4) is 0 Å². The molecule has 16 heavy (non-hydrogen) atoms. The van der Waals surface area contributed by atoms with E-state index in [2.05, 4.69) is 24.1 Å². The number of piperidine rings is 1. The van der Waals surface area contributed by atoms with Gasteiger partial charge in [0.05, 0.1) is 0 Å². The summed E-state index contributed by atoms with van der Waals surface area (Å²) in [7, 11) is 1.71. The van der Waals surface area contributed by atoms with Crippen LogP contribution in [0.1, 0.15) is 26.7 Å². The second-order valence-corrected chi connectivity index (χ2v) is 5.17. The molecule has 94 valence electrons. The van der Waals surface area contributed by atoms with Crippen LogP contribution in [0.3, 0.4) is 0 Å². The van der Waals surface area contributed by atoms with Crippen molar-refractivity contribution in [2.24, 2.45) is 11.8 Å². The third-order valence-electron chi connectivity index (χ3n) is 3.33. The molecule has 0 aromatic rings. The number of nitrogens with zero attached hydrogens (tertiary/aromatic N) is 1. The Morgan fingerprint density at radius 2 is 2.00 bits per heavy atom. The highest BCUT2D eigenvalue weighted by Gasteiger charge is 2.23. The predicted molar refractivity (Wildman–Crippen MR) is 64.5 cm³/mol. The first-order valence-electron chi connectivity index (χ1n) is 6.15. The number of aliphatic carboxylic acids is 1. The number of carboxylic acid groups (broad SMARTS) is 1. The number of carbonyl (C=O) groups is 1. The van der Waals surface area contributed by atoms with Crippen molar-refractivity contribution in [2.75, 3.05) is 26.7 Å².